The van der Waals surface area contributed by atoms with Gasteiger partial charge in [-0.25, -0.2) is 4.98 Å². The maximum absolute atomic E-state index is 4.45. The van der Waals surface area contributed by atoms with E-state index in [0.717, 1.165) is 19.6 Å². The molecule has 0 spiro atoms. The minimum Gasteiger partial charge on any atom is -0.311 e. The van der Waals surface area contributed by atoms with Crippen molar-refractivity contribution < 1.29 is 0 Å². The Morgan fingerprint density at radius 1 is 1.22 bits per heavy atom. The van der Waals surface area contributed by atoms with Crippen LogP contribution in [0.4, 0.5) is 0 Å². The molecule has 102 valence electrons. The number of thiazole rings is 1. The molecule has 18 heavy (non-hydrogen) atoms. The van der Waals surface area contributed by atoms with E-state index in [-0.39, 0.29) is 0 Å². The maximum Gasteiger partial charge on any atom is 0.0900 e. The van der Waals surface area contributed by atoms with Gasteiger partial charge in [-0.3, -0.25) is 4.90 Å². The Morgan fingerprint density at radius 3 is 2.56 bits per heavy atom. The van der Waals surface area contributed by atoms with E-state index >= 15 is 0 Å². The first-order valence-corrected chi connectivity index (χ1v) is 7.51. The summed E-state index contributed by atoms with van der Waals surface area (Å²) in [6.45, 7) is 12.2. The summed E-state index contributed by atoms with van der Waals surface area (Å²) in [6, 6.07) is 0. The first kappa shape index (κ1) is 13.9. The number of nitrogens with one attached hydrogen (secondary N) is 1. The van der Waals surface area contributed by atoms with Crippen LogP contribution >= 0.6 is 11.3 Å². The molecule has 0 amide bonds. The highest BCUT2D eigenvalue weighted by atomic mass is 32.1. The van der Waals surface area contributed by atoms with E-state index in [2.05, 4.69) is 41.0 Å². The molecule has 1 N–H and O–H groups in total. The average Bonchev–Trinajstić information content (AvgIpc) is 2.66. The summed E-state index contributed by atoms with van der Waals surface area (Å²) in [6.07, 6.45) is 0. The molecular weight excluding hydrogens is 244 g/mol. The van der Waals surface area contributed by atoms with Gasteiger partial charge in [0.15, 0.2) is 0 Å². The molecule has 1 fully saturated rings. The van der Waals surface area contributed by atoms with Crippen LogP contribution in [0.1, 0.15) is 15.6 Å². The Kier molecular flexibility index (Phi) is 5.12. The van der Waals surface area contributed by atoms with Crippen LogP contribution in [0.15, 0.2) is 0 Å². The van der Waals surface area contributed by atoms with Gasteiger partial charge >= 0.3 is 0 Å². The van der Waals surface area contributed by atoms with Crippen LogP contribution in [0.2, 0.25) is 0 Å². The molecule has 4 nitrogen and oxygen atoms in total. The van der Waals surface area contributed by atoms with Gasteiger partial charge in [-0.15, -0.1) is 11.3 Å². The number of aryl methyl sites for hydroxylation is 2. The van der Waals surface area contributed by atoms with Crippen molar-refractivity contribution in [2.24, 2.45) is 0 Å². The van der Waals surface area contributed by atoms with Crippen molar-refractivity contribution in [3.8, 4) is 0 Å². The molecule has 1 aliphatic rings. The third-order valence-electron chi connectivity index (χ3n) is 3.49. The van der Waals surface area contributed by atoms with Crippen LogP contribution in [0.25, 0.3) is 0 Å². The van der Waals surface area contributed by atoms with Gasteiger partial charge in [-0.2, -0.15) is 0 Å². The topological polar surface area (TPSA) is 31.4 Å². The van der Waals surface area contributed by atoms with Crippen molar-refractivity contribution in [2.75, 3.05) is 46.3 Å². The van der Waals surface area contributed by atoms with Crippen molar-refractivity contribution in [1.29, 1.82) is 0 Å². The lowest BCUT2D eigenvalue weighted by molar-refractivity contribution is 0.154. The summed E-state index contributed by atoms with van der Waals surface area (Å²) in [5.74, 6) is 0. The molecule has 0 bridgehead atoms. The zero-order chi connectivity index (χ0) is 13.0. The number of aromatic nitrogens is 1. The van der Waals surface area contributed by atoms with E-state index in [9.17, 15) is 0 Å². The van der Waals surface area contributed by atoms with Gasteiger partial charge in [0.1, 0.15) is 0 Å². The van der Waals surface area contributed by atoms with E-state index in [4.69, 9.17) is 0 Å². The third kappa shape index (κ3) is 4.02. The summed E-state index contributed by atoms with van der Waals surface area (Å²) in [5.41, 5.74) is 1.18. The van der Waals surface area contributed by atoms with Gasteiger partial charge in [0.05, 0.1) is 10.7 Å². The molecule has 1 aliphatic heterocycles. The summed E-state index contributed by atoms with van der Waals surface area (Å²) in [4.78, 5) is 10.8. The molecule has 2 heterocycles. The number of rotatable bonds is 5. The second-order valence-corrected chi connectivity index (χ2v) is 6.35. The minimum absolute atomic E-state index is 0.963. The number of hydrogen-bond donors (Lipinski definition) is 1. The molecule has 2 rings (SSSR count). The molecule has 0 atom stereocenters. The number of nitrogens with zero attached hydrogens (tertiary/aromatic N) is 3. The lowest BCUT2D eigenvalue weighted by Gasteiger charge is -2.32. The average molecular weight is 268 g/mol. The van der Waals surface area contributed by atoms with Crippen molar-refractivity contribution in [2.45, 2.75) is 20.4 Å². The lowest BCUT2D eigenvalue weighted by atomic mass is 10.3. The first-order valence-electron chi connectivity index (χ1n) is 6.69. The summed E-state index contributed by atoms with van der Waals surface area (Å²) < 4.78 is 0. The molecule has 1 aromatic heterocycles. The van der Waals surface area contributed by atoms with Crippen molar-refractivity contribution in [1.82, 2.24) is 20.1 Å². The Morgan fingerprint density at radius 2 is 1.94 bits per heavy atom. The molecule has 1 saturated heterocycles. The van der Waals surface area contributed by atoms with Crippen molar-refractivity contribution in [3.63, 3.8) is 0 Å². The van der Waals surface area contributed by atoms with Gasteiger partial charge in [0.25, 0.3) is 0 Å². The van der Waals surface area contributed by atoms with Crippen LogP contribution in [-0.2, 0) is 6.54 Å². The van der Waals surface area contributed by atoms with E-state index < -0.39 is 0 Å². The number of hydrogen-bond acceptors (Lipinski definition) is 5. The van der Waals surface area contributed by atoms with E-state index in [1.54, 1.807) is 11.3 Å². The van der Waals surface area contributed by atoms with Crippen LogP contribution in [0.3, 0.4) is 0 Å². The van der Waals surface area contributed by atoms with Gasteiger partial charge < -0.3 is 10.2 Å². The SMILES string of the molecule is Cc1nc(C)c(CNCCN2CCN(C)CC2)s1. The first-order chi connectivity index (χ1) is 8.65. The van der Waals surface area contributed by atoms with Crippen molar-refractivity contribution >= 4 is 11.3 Å². The largest absolute Gasteiger partial charge is 0.311 e. The van der Waals surface area contributed by atoms with E-state index in [0.29, 0.717) is 0 Å². The Labute approximate surface area is 114 Å². The van der Waals surface area contributed by atoms with Gasteiger partial charge in [0, 0.05) is 50.7 Å². The highest BCUT2D eigenvalue weighted by molar-refractivity contribution is 7.11. The Hall–Kier alpha value is -0.490. The molecule has 0 radical (unpaired) electrons. The summed E-state index contributed by atoms with van der Waals surface area (Å²) >= 11 is 1.81. The molecule has 0 aliphatic carbocycles. The fourth-order valence-electron chi connectivity index (χ4n) is 2.25. The van der Waals surface area contributed by atoms with Gasteiger partial charge in [-0.05, 0) is 20.9 Å². The second-order valence-electron chi connectivity index (χ2n) is 5.06. The van der Waals surface area contributed by atoms with Gasteiger partial charge in [0.2, 0.25) is 0 Å². The lowest BCUT2D eigenvalue weighted by Crippen LogP contribution is -2.46. The summed E-state index contributed by atoms with van der Waals surface area (Å²) in [7, 11) is 2.20. The predicted molar refractivity (Wildman–Crippen MR) is 77.2 cm³/mol. The highest BCUT2D eigenvalue weighted by Gasteiger charge is 2.12. The Bertz CT molecular complexity index is 369. The zero-order valence-electron chi connectivity index (χ0n) is 11.7. The molecule has 0 aromatic carbocycles. The maximum atomic E-state index is 4.45. The second kappa shape index (κ2) is 6.61. The quantitative estimate of drug-likeness (QED) is 0.810. The van der Waals surface area contributed by atoms with Crippen LogP contribution in [0.5, 0.6) is 0 Å². The van der Waals surface area contributed by atoms with E-state index in [1.807, 2.05) is 0 Å². The standard InChI is InChI=1S/C13H24N4S/c1-11-13(18-12(2)15-11)10-14-4-5-17-8-6-16(3)7-9-17/h14H,4-10H2,1-3H3. The predicted octanol–water partition coefficient (Wildman–Crippen LogP) is 1.10. The van der Waals surface area contributed by atoms with Crippen LogP contribution in [-0.4, -0.2) is 61.1 Å². The summed E-state index contributed by atoms with van der Waals surface area (Å²) in [5, 5.41) is 4.70. The fourth-order valence-corrected chi connectivity index (χ4v) is 3.15. The van der Waals surface area contributed by atoms with Crippen molar-refractivity contribution in [3.05, 3.63) is 15.6 Å². The molecule has 5 heteroatoms. The number of likely N-dealkylation sites (N-methyl/N-ethyl adjacent to an activating group) is 1. The molecule has 0 saturated carbocycles. The molecule has 1 aromatic rings. The smallest absolute Gasteiger partial charge is 0.0900 e. The fraction of sp³-hybridized carbons (Fsp3) is 0.769. The normalized spacial score (nSPS) is 18.4. The van der Waals surface area contributed by atoms with E-state index in [1.165, 1.54) is 41.8 Å². The molecular formula is C13H24N4S. The Balaban J connectivity index is 1.63. The third-order valence-corrected chi connectivity index (χ3v) is 4.56. The highest BCUT2D eigenvalue weighted by Crippen LogP contribution is 2.16. The molecule has 0 unspecified atom stereocenters. The minimum atomic E-state index is 0.963. The number of piperazine rings is 1. The van der Waals surface area contributed by atoms with Crippen LogP contribution in [0, 0.1) is 13.8 Å². The monoisotopic (exact) mass is 268 g/mol. The van der Waals surface area contributed by atoms with Gasteiger partial charge in [-0.1, -0.05) is 0 Å². The zero-order valence-corrected chi connectivity index (χ0v) is 12.5. The van der Waals surface area contributed by atoms with Crippen LogP contribution < -0.4 is 5.32 Å².